The molecule has 1 N–H and O–H groups in total. The first-order valence-electron chi connectivity index (χ1n) is 13.0. The normalized spacial score (nSPS) is 37.9. The lowest BCUT2D eigenvalue weighted by Gasteiger charge is -2.58. The summed E-state index contributed by atoms with van der Waals surface area (Å²) in [6.07, 6.45) is 11.4. The van der Waals surface area contributed by atoms with Crippen LogP contribution in [0.1, 0.15) is 77.0 Å². The summed E-state index contributed by atoms with van der Waals surface area (Å²) in [5.74, 6) is 2.69. The van der Waals surface area contributed by atoms with Crippen molar-refractivity contribution >= 4 is 28.7 Å². The summed E-state index contributed by atoms with van der Waals surface area (Å²) in [5.41, 5.74) is 2.93. The Morgan fingerprint density at radius 2 is 2.00 bits per heavy atom. The van der Waals surface area contributed by atoms with Crippen molar-refractivity contribution in [2.24, 2.45) is 39.7 Å². The number of nitrogens with one attached hydrogen (secondary N) is 1. The lowest BCUT2D eigenvalue weighted by molar-refractivity contribution is -0.128. The van der Waals surface area contributed by atoms with Gasteiger partial charge in [0.1, 0.15) is 5.78 Å². The van der Waals surface area contributed by atoms with Crippen LogP contribution in [0.25, 0.3) is 0 Å². The summed E-state index contributed by atoms with van der Waals surface area (Å²) < 4.78 is 0. The van der Waals surface area contributed by atoms with Gasteiger partial charge in [0.2, 0.25) is 0 Å². The highest BCUT2D eigenvalue weighted by Crippen LogP contribution is 2.66. The SMILES string of the molecule is CC(=O)[C@@H]1CC[C@@H]2[C@H]3CCC4=CC(=NOCC(=O)NCc5cccs5)CC[C@]4(C)[C@@H]3CC[C@@]21C. The molecule has 0 saturated heterocycles. The number of thiophene rings is 1. The number of ketones is 1. The molecule has 3 fully saturated rings. The van der Waals surface area contributed by atoms with E-state index in [2.05, 4.69) is 30.4 Å². The second-order valence-corrected chi connectivity index (χ2v) is 12.5. The fraction of sp³-hybridized carbons (Fsp3) is 0.679. The number of carbonyl (C=O) groups excluding carboxylic acids is 2. The largest absolute Gasteiger partial charge is 0.385 e. The van der Waals surface area contributed by atoms with Crippen LogP contribution in [0, 0.1) is 34.5 Å². The fourth-order valence-electron chi connectivity index (χ4n) is 8.13. The van der Waals surface area contributed by atoms with Gasteiger partial charge in [-0.15, -0.1) is 11.3 Å². The monoisotopic (exact) mass is 482 g/mol. The number of rotatable bonds is 6. The number of amides is 1. The standard InChI is InChI=1S/C28H38N2O3S/c1-18(31)23-8-9-24-22-7-6-19-15-20(10-12-27(19,2)25(22)11-13-28(23,24)3)30-33-17-26(32)29-16-21-5-4-14-34-21/h4-5,14-15,22-25H,6-13,16-17H2,1-3H3,(H,29,32)/t22-,23+,24-,25-,27+,28-/m1/s1. The van der Waals surface area contributed by atoms with Gasteiger partial charge in [-0.3, -0.25) is 9.59 Å². The van der Waals surface area contributed by atoms with E-state index in [1.165, 1.54) is 31.3 Å². The number of carbonyl (C=O) groups is 2. The zero-order chi connectivity index (χ0) is 23.9. The third-order valence-corrected chi connectivity index (χ3v) is 10.8. The average Bonchev–Trinajstić information content (AvgIpc) is 3.45. The predicted octanol–water partition coefficient (Wildman–Crippen LogP) is 5.90. The Hall–Kier alpha value is -1.95. The van der Waals surface area contributed by atoms with Gasteiger partial charge in [0.15, 0.2) is 6.61 Å². The van der Waals surface area contributed by atoms with Crippen LogP contribution in [0.5, 0.6) is 0 Å². The minimum atomic E-state index is -0.141. The van der Waals surface area contributed by atoms with Crippen molar-refractivity contribution in [1.29, 1.82) is 0 Å². The third-order valence-electron chi connectivity index (χ3n) is 9.89. The molecule has 0 aromatic carbocycles. The average molecular weight is 483 g/mol. The zero-order valence-electron chi connectivity index (χ0n) is 20.8. The van der Waals surface area contributed by atoms with Crippen LogP contribution in [-0.4, -0.2) is 24.0 Å². The number of hydrogen-bond acceptors (Lipinski definition) is 5. The van der Waals surface area contributed by atoms with E-state index in [0.29, 0.717) is 24.2 Å². The molecule has 1 amide bonds. The molecule has 5 nitrogen and oxygen atoms in total. The summed E-state index contributed by atoms with van der Waals surface area (Å²) in [7, 11) is 0. The number of allylic oxidation sites excluding steroid dienone is 2. The van der Waals surface area contributed by atoms with Crippen molar-refractivity contribution in [3.63, 3.8) is 0 Å². The van der Waals surface area contributed by atoms with Crippen molar-refractivity contribution in [3.05, 3.63) is 34.0 Å². The number of nitrogens with zero attached hydrogens (tertiary/aromatic N) is 1. The van der Waals surface area contributed by atoms with Crippen LogP contribution >= 0.6 is 11.3 Å². The van der Waals surface area contributed by atoms with Crippen molar-refractivity contribution in [3.8, 4) is 0 Å². The maximum atomic E-state index is 12.4. The van der Waals surface area contributed by atoms with Crippen molar-refractivity contribution in [2.45, 2.75) is 78.7 Å². The first-order chi connectivity index (χ1) is 16.3. The molecule has 6 heteroatoms. The zero-order valence-corrected chi connectivity index (χ0v) is 21.6. The maximum absolute atomic E-state index is 12.4. The molecule has 4 aliphatic rings. The van der Waals surface area contributed by atoms with E-state index >= 15 is 0 Å². The quantitative estimate of drug-likeness (QED) is 0.513. The first kappa shape index (κ1) is 23.8. The van der Waals surface area contributed by atoms with Gasteiger partial charge < -0.3 is 10.2 Å². The number of Topliss-reactive ketones (excluding diaryl/α,β-unsaturated/α-hetero) is 1. The summed E-state index contributed by atoms with van der Waals surface area (Å²) in [5, 5.41) is 9.21. The number of fused-ring (bicyclic) bond motifs is 5. The second kappa shape index (κ2) is 9.25. The van der Waals surface area contributed by atoms with E-state index < -0.39 is 0 Å². The first-order valence-corrected chi connectivity index (χ1v) is 13.9. The topological polar surface area (TPSA) is 67.8 Å². The molecule has 184 valence electrons. The Bertz CT molecular complexity index is 999. The third kappa shape index (κ3) is 4.16. The smallest absolute Gasteiger partial charge is 0.261 e. The Kier molecular flexibility index (Phi) is 6.47. The molecular weight excluding hydrogens is 444 g/mol. The molecule has 0 aliphatic heterocycles. The van der Waals surface area contributed by atoms with Crippen molar-refractivity contribution in [2.75, 3.05) is 6.61 Å². The molecule has 1 heterocycles. The van der Waals surface area contributed by atoms with Crippen LogP contribution in [0.3, 0.4) is 0 Å². The highest BCUT2D eigenvalue weighted by Gasteiger charge is 2.59. The van der Waals surface area contributed by atoms with Crippen molar-refractivity contribution < 1.29 is 14.4 Å². The molecule has 4 aliphatic carbocycles. The Morgan fingerprint density at radius 1 is 1.15 bits per heavy atom. The summed E-state index contributed by atoms with van der Waals surface area (Å²) in [6.45, 7) is 7.20. The molecule has 1 aromatic heterocycles. The summed E-state index contributed by atoms with van der Waals surface area (Å²) in [6, 6.07) is 3.99. The molecular formula is C28H38N2O3S. The number of oxime groups is 1. The van der Waals surface area contributed by atoms with E-state index in [4.69, 9.17) is 4.84 Å². The fourth-order valence-corrected chi connectivity index (χ4v) is 8.78. The van der Waals surface area contributed by atoms with Crippen LogP contribution in [0.15, 0.2) is 34.3 Å². The van der Waals surface area contributed by atoms with Gasteiger partial charge in [0.25, 0.3) is 5.91 Å². The molecule has 6 atom stereocenters. The molecule has 0 spiro atoms. The molecule has 1 aromatic rings. The van der Waals surface area contributed by atoms with Crippen LogP contribution in [-0.2, 0) is 21.0 Å². The van der Waals surface area contributed by atoms with E-state index in [-0.39, 0.29) is 29.3 Å². The second-order valence-electron chi connectivity index (χ2n) is 11.5. The van der Waals surface area contributed by atoms with Crippen LogP contribution < -0.4 is 5.32 Å². The Morgan fingerprint density at radius 3 is 2.76 bits per heavy atom. The number of hydrogen-bond donors (Lipinski definition) is 1. The van der Waals surface area contributed by atoms with E-state index in [0.717, 1.165) is 42.2 Å². The lowest BCUT2D eigenvalue weighted by atomic mass is 9.46. The predicted molar refractivity (Wildman–Crippen MR) is 135 cm³/mol. The minimum absolute atomic E-state index is 0.0441. The molecule has 3 saturated carbocycles. The van der Waals surface area contributed by atoms with Gasteiger partial charge in [-0.2, -0.15) is 0 Å². The molecule has 5 rings (SSSR count). The van der Waals surface area contributed by atoms with E-state index in [1.807, 2.05) is 24.4 Å². The van der Waals surface area contributed by atoms with Crippen LogP contribution in [0.2, 0.25) is 0 Å². The van der Waals surface area contributed by atoms with Gasteiger partial charge in [0, 0.05) is 10.8 Å². The maximum Gasteiger partial charge on any atom is 0.261 e. The van der Waals surface area contributed by atoms with Gasteiger partial charge in [0.05, 0.1) is 12.3 Å². The summed E-state index contributed by atoms with van der Waals surface area (Å²) >= 11 is 1.63. The van der Waals surface area contributed by atoms with Crippen molar-refractivity contribution in [1.82, 2.24) is 5.32 Å². The van der Waals surface area contributed by atoms with Gasteiger partial charge in [-0.25, -0.2) is 0 Å². The van der Waals surface area contributed by atoms with E-state index in [9.17, 15) is 9.59 Å². The van der Waals surface area contributed by atoms with Gasteiger partial charge in [-0.1, -0.05) is 30.6 Å². The van der Waals surface area contributed by atoms with Gasteiger partial charge in [-0.05, 0) is 104 Å². The Balaban J connectivity index is 1.21. The van der Waals surface area contributed by atoms with Crippen LogP contribution in [0.4, 0.5) is 0 Å². The Labute approximate surface area is 207 Å². The van der Waals surface area contributed by atoms with Gasteiger partial charge >= 0.3 is 0 Å². The summed E-state index contributed by atoms with van der Waals surface area (Å²) in [4.78, 5) is 31.0. The van der Waals surface area contributed by atoms with E-state index in [1.54, 1.807) is 11.3 Å². The molecule has 0 unspecified atom stereocenters. The highest BCUT2D eigenvalue weighted by atomic mass is 32.1. The molecule has 0 radical (unpaired) electrons. The highest BCUT2D eigenvalue weighted by molar-refractivity contribution is 7.09. The minimum Gasteiger partial charge on any atom is -0.385 e. The lowest BCUT2D eigenvalue weighted by Crippen LogP contribution is -2.51. The molecule has 0 bridgehead atoms. The molecule has 34 heavy (non-hydrogen) atoms.